The van der Waals surface area contributed by atoms with Gasteiger partial charge in [-0.2, -0.15) is 0 Å². The first-order valence-corrected chi connectivity index (χ1v) is 5.98. The van der Waals surface area contributed by atoms with Crippen molar-refractivity contribution in [1.82, 2.24) is 9.55 Å². The van der Waals surface area contributed by atoms with Crippen molar-refractivity contribution in [2.75, 3.05) is 11.4 Å². The SMILES string of the molecule is CC(C)N(CCCC(=O)O)c1c([N+](=O)[O-])ncn1C. The van der Waals surface area contributed by atoms with Crippen molar-refractivity contribution in [3.05, 3.63) is 16.4 Å². The van der Waals surface area contributed by atoms with E-state index in [-0.39, 0.29) is 18.3 Å². The number of aromatic nitrogens is 2. The molecule has 0 atom stereocenters. The van der Waals surface area contributed by atoms with Crippen LogP contribution in [0.5, 0.6) is 0 Å². The Morgan fingerprint density at radius 2 is 2.26 bits per heavy atom. The fourth-order valence-electron chi connectivity index (χ4n) is 1.88. The third kappa shape index (κ3) is 3.67. The van der Waals surface area contributed by atoms with Crippen LogP contribution in [0.15, 0.2) is 6.33 Å². The van der Waals surface area contributed by atoms with E-state index in [0.29, 0.717) is 18.8 Å². The van der Waals surface area contributed by atoms with Crippen LogP contribution in [-0.2, 0) is 11.8 Å². The van der Waals surface area contributed by atoms with Gasteiger partial charge in [0.15, 0.2) is 0 Å². The Morgan fingerprint density at radius 1 is 1.63 bits per heavy atom. The van der Waals surface area contributed by atoms with E-state index >= 15 is 0 Å². The Balaban J connectivity index is 2.96. The van der Waals surface area contributed by atoms with Gasteiger partial charge in [0.05, 0.1) is 0 Å². The molecule has 0 saturated heterocycles. The molecule has 1 aromatic heterocycles. The minimum absolute atomic E-state index is 0.0166. The summed E-state index contributed by atoms with van der Waals surface area (Å²) < 4.78 is 1.58. The number of nitro groups is 1. The summed E-state index contributed by atoms with van der Waals surface area (Å²) in [5.41, 5.74) is 0. The molecule has 0 aromatic carbocycles. The van der Waals surface area contributed by atoms with Gasteiger partial charge >= 0.3 is 11.8 Å². The van der Waals surface area contributed by atoms with Crippen LogP contribution in [-0.4, -0.2) is 38.1 Å². The van der Waals surface area contributed by atoms with Crippen molar-refractivity contribution in [2.45, 2.75) is 32.7 Å². The largest absolute Gasteiger partial charge is 0.481 e. The molecule has 106 valence electrons. The molecule has 0 aliphatic rings. The van der Waals surface area contributed by atoms with Gasteiger partial charge in [0.2, 0.25) is 12.1 Å². The zero-order valence-corrected chi connectivity index (χ0v) is 11.2. The molecule has 0 radical (unpaired) electrons. The van der Waals surface area contributed by atoms with E-state index in [4.69, 9.17) is 5.11 Å². The summed E-state index contributed by atoms with van der Waals surface area (Å²) in [6, 6.07) is 0.0166. The van der Waals surface area contributed by atoms with Gasteiger partial charge in [-0.1, -0.05) is 0 Å². The van der Waals surface area contributed by atoms with Gasteiger partial charge in [0.25, 0.3) is 0 Å². The lowest BCUT2D eigenvalue weighted by molar-refractivity contribution is -0.388. The lowest BCUT2D eigenvalue weighted by Crippen LogP contribution is -2.34. The molecule has 0 bridgehead atoms. The lowest BCUT2D eigenvalue weighted by Gasteiger charge is -2.27. The van der Waals surface area contributed by atoms with Crippen molar-refractivity contribution in [2.24, 2.45) is 7.05 Å². The molecule has 1 heterocycles. The van der Waals surface area contributed by atoms with Gasteiger partial charge in [0, 0.05) is 26.1 Å². The predicted octanol–water partition coefficient (Wildman–Crippen LogP) is 1.41. The predicted molar refractivity (Wildman–Crippen MR) is 69.2 cm³/mol. The molecule has 0 spiro atoms. The number of imidazole rings is 1. The second kappa shape index (κ2) is 6.17. The van der Waals surface area contributed by atoms with Crippen LogP contribution < -0.4 is 4.90 Å². The normalized spacial score (nSPS) is 10.7. The molecular weight excluding hydrogens is 252 g/mol. The van der Waals surface area contributed by atoms with Crippen LogP contribution in [0.25, 0.3) is 0 Å². The average molecular weight is 270 g/mol. The molecule has 0 aliphatic carbocycles. The first kappa shape index (κ1) is 14.9. The van der Waals surface area contributed by atoms with Crippen molar-refractivity contribution in [3.63, 3.8) is 0 Å². The van der Waals surface area contributed by atoms with E-state index < -0.39 is 10.9 Å². The smallest absolute Gasteiger partial charge is 0.406 e. The van der Waals surface area contributed by atoms with Gasteiger partial charge in [-0.25, -0.2) is 0 Å². The standard InChI is InChI=1S/C11H18N4O4/c1-8(2)14(6-4-5-9(16)17)11-10(15(18)19)12-7-13(11)3/h7-8H,4-6H2,1-3H3,(H,16,17). The Kier molecular flexibility index (Phi) is 4.85. The number of nitrogens with zero attached hydrogens (tertiary/aromatic N) is 4. The molecule has 8 nitrogen and oxygen atoms in total. The number of hydrogen-bond acceptors (Lipinski definition) is 5. The minimum Gasteiger partial charge on any atom is -0.481 e. The van der Waals surface area contributed by atoms with Gasteiger partial charge < -0.3 is 20.1 Å². The van der Waals surface area contributed by atoms with Crippen molar-refractivity contribution in [1.29, 1.82) is 0 Å². The van der Waals surface area contributed by atoms with E-state index in [1.807, 2.05) is 13.8 Å². The molecular formula is C11H18N4O4. The number of anilines is 1. The lowest BCUT2D eigenvalue weighted by atomic mass is 10.2. The fourth-order valence-corrected chi connectivity index (χ4v) is 1.88. The number of carbonyl (C=O) groups is 1. The Bertz CT molecular complexity index is 469. The van der Waals surface area contributed by atoms with Gasteiger partial charge in [-0.3, -0.25) is 9.36 Å². The number of carboxylic acid groups (broad SMARTS) is 1. The highest BCUT2D eigenvalue weighted by molar-refractivity contribution is 5.66. The third-order valence-corrected chi connectivity index (χ3v) is 2.75. The van der Waals surface area contributed by atoms with Crippen LogP contribution in [0.1, 0.15) is 26.7 Å². The highest BCUT2D eigenvalue weighted by Gasteiger charge is 2.26. The first-order chi connectivity index (χ1) is 8.84. The Labute approximate surface area is 110 Å². The summed E-state index contributed by atoms with van der Waals surface area (Å²) in [6.45, 7) is 4.24. The molecule has 0 saturated carbocycles. The van der Waals surface area contributed by atoms with Crippen LogP contribution in [0, 0.1) is 10.1 Å². The number of aliphatic carboxylic acids is 1. The molecule has 19 heavy (non-hydrogen) atoms. The summed E-state index contributed by atoms with van der Waals surface area (Å²) in [4.78, 5) is 26.5. The highest BCUT2D eigenvalue weighted by Crippen LogP contribution is 2.27. The molecule has 0 unspecified atom stereocenters. The van der Waals surface area contributed by atoms with E-state index in [1.54, 1.807) is 16.5 Å². The van der Waals surface area contributed by atoms with Gasteiger partial charge in [0.1, 0.15) is 0 Å². The van der Waals surface area contributed by atoms with E-state index in [9.17, 15) is 14.9 Å². The van der Waals surface area contributed by atoms with E-state index in [0.717, 1.165) is 0 Å². The van der Waals surface area contributed by atoms with Crippen molar-refractivity contribution >= 4 is 17.6 Å². The molecule has 8 heteroatoms. The summed E-state index contributed by atoms with van der Waals surface area (Å²) in [6.07, 6.45) is 1.85. The maximum absolute atomic E-state index is 11.0. The van der Waals surface area contributed by atoms with E-state index in [2.05, 4.69) is 4.98 Å². The van der Waals surface area contributed by atoms with Crippen LogP contribution in [0.3, 0.4) is 0 Å². The van der Waals surface area contributed by atoms with Crippen LogP contribution >= 0.6 is 0 Å². The summed E-state index contributed by atoms with van der Waals surface area (Å²) in [5, 5.41) is 19.6. The van der Waals surface area contributed by atoms with Crippen LogP contribution in [0.2, 0.25) is 0 Å². The summed E-state index contributed by atoms with van der Waals surface area (Å²) >= 11 is 0. The van der Waals surface area contributed by atoms with Gasteiger partial charge in [-0.05, 0) is 30.2 Å². The Hall–Kier alpha value is -2.12. The zero-order valence-electron chi connectivity index (χ0n) is 11.2. The molecule has 0 amide bonds. The van der Waals surface area contributed by atoms with Crippen molar-refractivity contribution < 1.29 is 14.8 Å². The van der Waals surface area contributed by atoms with E-state index in [1.165, 1.54) is 6.33 Å². The molecule has 1 aromatic rings. The minimum atomic E-state index is -0.872. The summed E-state index contributed by atoms with van der Waals surface area (Å²) in [7, 11) is 1.68. The molecule has 0 aliphatic heterocycles. The highest BCUT2D eigenvalue weighted by atomic mass is 16.6. The van der Waals surface area contributed by atoms with Crippen LogP contribution in [0.4, 0.5) is 11.6 Å². The van der Waals surface area contributed by atoms with Gasteiger partial charge in [-0.15, -0.1) is 0 Å². The average Bonchev–Trinajstić information content (AvgIpc) is 2.66. The number of aryl methyl sites for hydroxylation is 1. The third-order valence-electron chi connectivity index (χ3n) is 2.75. The maximum Gasteiger partial charge on any atom is 0.406 e. The zero-order chi connectivity index (χ0) is 14.6. The quantitative estimate of drug-likeness (QED) is 0.593. The molecule has 1 N–H and O–H groups in total. The number of rotatable bonds is 7. The topological polar surface area (TPSA) is 102 Å². The van der Waals surface area contributed by atoms with Crippen molar-refractivity contribution in [3.8, 4) is 0 Å². The number of hydrogen-bond donors (Lipinski definition) is 1. The maximum atomic E-state index is 11.0. The summed E-state index contributed by atoms with van der Waals surface area (Å²) in [5.74, 6) is -0.667. The number of carboxylic acids is 1. The molecule has 0 fully saturated rings. The first-order valence-electron chi connectivity index (χ1n) is 5.98. The second-order valence-electron chi connectivity index (χ2n) is 4.54. The monoisotopic (exact) mass is 270 g/mol. The second-order valence-corrected chi connectivity index (χ2v) is 4.54. The Morgan fingerprint density at radius 3 is 2.74 bits per heavy atom. The molecule has 1 rings (SSSR count). The fraction of sp³-hybridized carbons (Fsp3) is 0.636.